The lowest BCUT2D eigenvalue weighted by Crippen LogP contribution is -2.28. The quantitative estimate of drug-likeness (QED) is 0.661. The van der Waals surface area contributed by atoms with Crippen molar-refractivity contribution < 1.29 is 14.7 Å². The number of carbonyl (C=O) groups is 2. The molecule has 2 N–H and O–H groups in total. The highest BCUT2D eigenvalue weighted by atomic mass is 16.4. The third-order valence-electron chi connectivity index (χ3n) is 1.58. The minimum atomic E-state index is -0.824. The third kappa shape index (κ3) is 9.03. The summed E-state index contributed by atoms with van der Waals surface area (Å²) in [6.07, 6.45) is 1.07. The van der Waals surface area contributed by atoms with Gasteiger partial charge in [0.25, 0.3) is 0 Å². The summed E-state index contributed by atoms with van der Waals surface area (Å²) >= 11 is 0. The lowest BCUT2D eigenvalue weighted by molar-refractivity contribution is -0.137. The molecule has 0 fully saturated rings. The number of carboxylic acids is 1. The maximum Gasteiger partial charge on any atom is 0.303 e. The molecule has 0 radical (unpaired) electrons. The Hall–Kier alpha value is -1.06. The van der Waals surface area contributed by atoms with Gasteiger partial charge in [-0.25, -0.2) is 0 Å². The van der Waals surface area contributed by atoms with Crippen molar-refractivity contribution in [3.05, 3.63) is 0 Å². The first-order valence-electron chi connectivity index (χ1n) is 4.80. The molecule has 0 atom stereocenters. The van der Waals surface area contributed by atoms with Gasteiger partial charge in [-0.15, -0.1) is 0 Å². The van der Waals surface area contributed by atoms with E-state index < -0.39 is 5.97 Å². The van der Waals surface area contributed by atoms with E-state index in [1.165, 1.54) is 0 Å². The van der Waals surface area contributed by atoms with E-state index in [-0.39, 0.29) is 17.7 Å². The van der Waals surface area contributed by atoms with E-state index in [1.807, 2.05) is 20.8 Å². The summed E-state index contributed by atoms with van der Waals surface area (Å²) in [4.78, 5) is 21.4. The van der Waals surface area contributed by atoms with Gasteiger partial charge < -0.3 is 10.4 Å². The molecule has 0 bridgehead atoms. The van der Waals surface area contributed by atoms with Gasteiger partial charge in [0, 0.05) is 19.4 Å². The molecule has 0 saturated carbocycles. The summed E-state index contributed by atoms with van der Waals surface area (Å²) < 4.78 is 0. The van der Waals surface area contributed by atoms with Crippen LogP contribution in [0, 0.1) is 5.41 Å². The van der Waals surface area contributed by atoms with E-state index in [0.717, 1.165) is 0 Å². The Morgan fingerprint density at radius 1 is 1.29 bits per heavy atom. The molecule has 0 aromatic rings. The van der Waals surface area contributed by atoms with Crippen molar-refractivity contribution in [2.75, 3.05) is 6.54 Å². The Morgan fingerprint density at radius 3 is 2.29 bits per heavy atom. The molecule has 0 unspecified atom stereocenters. The molecular weight excluding hydrogens is 182 g/mol. The Bertz CT molecular complexity index is 206. The minimum absolute atomic E-state index is 0.0112. The van der Waals surface area contributed by atoms with E-state index in [0.29, 0.717) is 19.4 Å². The Kier molecular flexibility index (Phi) is 5.20. The van der Waals surface area contributed by atoms with Gasteiger partial charge in [0.1, 0.15) is 0 Å². The van der Waals surface area contributed by atoms with Crippen molar-refractivity contribution in [2.45, 2.75) is 40.0 Å². The summed E-state index contributed by atoms with van der Waals surface area (Å²) in [6.45, 7) is 6.42. The number of hydrogen-bond acceptors (Lipinski definition) is 2. The molecular formula is C10H19NO3. The predicted octanol–water partition coefficient (Wildman–Crippen LogP) is 1.40. The topological polar surface area (TPSA) is 66.4 Å². The van der Waals surface area contributed by atoms with E-state index in [2.05, 4.69) is 5.32 Å². The first kappa shape index (κ1) is 12.9. The smallest absolute Gasteiger partial charge is 0.303 e. The summed E-state index contributed by atoms with van der Waals surface area (Å²) in [5.41, 5.74) is -0.0170. The van der Waals surface area contributed by atoms with Crippen LogP contribution in [0.1, 0.15) is 40.0 Å². The first-order valence-corrected chi connectivity index (χ1v) is 4.80. The van der Waals surface area contributed by atoms with Crippen LogP contribution in [0.2, 0.25) is 0 Å². The van der Waals surface area contributed by atoms with E-state index in [9.17, 15) is 9.59 Å². The fraction of sp³-hybridized carbons (Fsp3) is 0.800. The molecule has 0 aromatic carbocycles. The van der Waals surface area contributed by atoms with Crippen LogP contribution < -0.4 is 5.32 Å². The van der Waals surface area contributed by atoms with Crippen molar-refractivity contribution in [2.24, 2.45) is 5.41 Å². The largest absolute Gasteiger partial charge is 0.481 e. The van der Waals surface area contributed by atoms with Crippen LogP contribution in [-0.2, 0) is 9.59 Å². The maximum atomic E-state index is 11.2. The van der Waals surface area contributed by atoms with Crippen molar-refractivity contribution in [3.63, 3.8) is 0 Å². The average molecular weight is 201 g/mol. The Morgan fingerprint density at radius 2 is 1.86 bits per heavy atom. The number of amides is 1. The molecule has 14 heavy (non-hydrogen) atoms. The first-order chi connectivity index (χ1) is 6.31. The van der Waals surface area contributed by atoms with E-state index >= 15 is 0 Å². The number of carbonyl (C=O) groups excluding carboxylic acids is 1. The fourth-order valence-electron chi connectivity index (χ4n) is 1.01. The van der Waals surface area contributed by atoms with Gasteiger partial charge in [-0.3, -0.25) is 9.59 Å². The van der Waals surface area contributed by atoms with E-state index in [1.54, 1.807) is 0 Å². The molecule has 0 aromatic heterocycles. The van der Waals surface area contributed by atoms with Gasteiger partial charge in [-0.1, -0.05) is 20.8 Å². The predicted molar refractivity (Wildman–Crippen MR) is 54.0 cm³/mol. The number of hydrogen-bond donors (Lipinski definition) is 2. The molecule has 0 aliphatic rings. The lowest BCUT2D eigenvalue weighted by Gasteiger charge is -2.17. The van der Waals surface area contributed by atoms with Crippen LogP contribution in [0.3, 0.4) is 0 Å². The highest BCUT2D eigenvalue weighted by Crippen LogP contribution is 2.17. The normalized spacial score (nSPS) is 11.1. The van der Waals surface area contributed by atoms with Gasteiger partial charge in [-0.2, -0.15) is 0 Å². The molecule has 0 spiro atoms. The average Bonchev–Trinajstić information content (AvgIpc) is 1.94. The van der Waals surface area contributed by atoms with Crippen LogP contribution in [0.25, 0.3) is 0 Å². The van der Waals surface area contributed by atoms with Crippen molar-refractivity contribution in [1.82, 2.24) is 5.32 Å². The summed E-state index contributed by atoms with van der Waals surface area (Å²) in [5.74, 6) is -0.835. The molecule has 0 heterocycles. The highest BCUT2D eigenvalue weighted by molar-refractivity contribution is 5.76. The maximum absolute atomic E-state index is 11.2. The zero-order valence-electron chi connectivity index (χ0n) is 9.09. The van der Waals surface area contributed by atoms with E-state index in [4.69, 9.17) is 5.11 Å². The second-order valence-electron chi connectivity index (χ2n) is 4.58. The van der Waals surface area contributed by atoms with Gasteiger partial charge in [0.2, 0.25) is 5.91 Å². The van der Waals surface area contributed by atoms with Crippen LogP contribution in [-0.4, -0.2) is 23.5 Å². The number of rotatable bonds is 5. The summed E-state index contributed by atoms with van der Waals surface area (Å²) in [5, 5.41) is 11.0. The molecule has 82 valence electrons. The third-order valence-corrected chi connectivity index (χ3v) is 1.58. The molecule has 4 heteroatoms. The summed E-state index contributed by atoms with van der Waals surface area (Å²) in [7, 11) is 0. The second-order valence-corrected chi connectivity index (χ2v) is 4.58. The minimum Gasteiger partial charge on any atom is -0.481 e. The molecule has 0 rings (SSSR count). The number of carboxylic acid groups (broad SMARTS) is 1. The van der Waals surface area contributed by atoms with Crippen molar-refractivity contribution >= 4 is 11.9 Å². The Labute approximate surface area is 84.7 Å². The molecule has 4 nitrogen and oxygen atoms in total. The Balaban J connectivity index is 3.50. The lowest BCUT2D eigenvalue weighted by atomic mass is 9.92. The van der Waals surface area contributed by atoms with Crippen molar-refractivity contribution in [1.29, 1.82) is 0 Å². The van der Waals surface area contributed by atoms with Crippen molar-refractivity contribution in [3.8, 4) is 0 Å². The fourth-order valence-corrected chi connectivity index (χ4v) is 1.01. The van der Waals surface area contributed by atoms with Crippen LogP contribution >= 0.6 is 0 Å². The SMILES string of the molecule is CC(C)(C)CC(=O)NCCCC(=O)O. The van der Waals surface area contributed by atoms with Crippen LogP contribution in [0.15, 0.2) is 0 Å². The standard InChI is InChI=1S/C10H19NO3/c1-10(2,3)7-8(12)11-6-4-5-9(13)14/h4-7H2,1-3H3,(H,11,12)(H,13,14). The molecule has 1 amide bonds. The van der Waals surface area contributed by atoms with Gasteiger partial charge in [-0.05, 0) is 11.8 Å². The monoisotopic (exact) mass is 201 g/mol. The zero-order valence-corrected chi connectivity index (χ0v) is 9.09. The zero-order chi connectivity index (χ0) is 11.2. The van der Waals surface area contributed by atoms with Gasteiger partial charge in [0.15, 0.2) is 0 Å². The van der Waals surface area contributed by atoms with Gasteiger partial charge >= 0.3 is 5.97 Å². The molecule has 0 aliphatic heterocycles. The highest BCUT2D eigenvalue weighted by Gasteiger charge is 2.15. The molecule has 0 saturated heterocycles. The van der Waals surface area contributed by atoms with Crippen LogP contribution in [0.5, 0.6) is 0 Å². The molecule has 0 aliphatic carbocycles. The second kappa shape index (κ2) is 5.62. The van der Waals surface area contributed by atoms with Gasteiger partial charge in [0.05, 0.1) is 0 Å². The number of nitrogens with one attached hydrogen (secondary N) is 1. The van der Waals surface area contributed by atoms with Crippen LogP contribution in [0.4, 0.5) is 0 Å². The summed E-state index contributed by atoms with van der Waals surface area (Å²) in [6, 6.07) is 0. The number of aliphatic carboxylic acids is 1.